The molecular weight excluding hydrogens is 449 g/mol. The molecule has 2 aromatic rings. The fourth-order valence-corrected chi connectivity index (χ4v) is 4.79. The lowest BCUT2D eigenvalue weighted by atomic mass is 9.77. The van der Waals surface area contributed by atoms with Crippen molar-refractivity contribution in [3.63, 3.8) is 0 Å². The summed E-state index contributed by atoms with van der Waals surface area (Å²) < 4.78 is 0.886. The zero-order valence-electron chi connectivity index (χ0n) is 14.3. The maximum Gasteiger partial charge on any atom is 0.232 e. The summed E-state index contributed by atoms with van der Waals surface area (Å²) in [5.41, 5.74) is 3.01. The van der Waals surface area contributed by atoms with Crippen LogP contribution in [0.2, 0.25) is 10.0 Å². The van der Waals surface area contributed by atoms with Crippen LogP contribution >= 0.6 is 39.1 Å². The second-order valence-electron chi connectivity index (χ2n) is 6.75. The fourth-order valence-electron chi connectivity index (χ4n) is 3.96. The van der Waals surface area contributed by atoms with Crippen LogP contribution in [0.5, 0.6) is 0 Å². The molecule has 138 valence electrons. The molecule has 0 bridgehead atoms. The molecule has 1 aliphatic heterocycles. The van der Waals surface area contributed by atoms with Gasteiger partial charge in [0.2, 0.25) is 5.91 Å². The molecule has 1 heterocycles. The van der Waals surface area contributed by atoms with E-state index in [9.17, 15) is 9.59 Å². The molecule has 0 aromatic heterocycles. The molecule has 1 unspecified atom stereocenters. The lowest BCUT2D eigenvalue weighted by Gasteiger charge is -2.38. The van der Waals surface area contributed by atoms with E-state index in [0.717, 1.165) is 27.8 Å². The summed E-state index contributed by atoms with van der Waals surface area (Å²) in [6.45, 7) is 0. The molecule has 0 fully saturated rings. The van der Waals surface area contributed by atoms with Crippen LogP contribution in [0, 0.1) is 0 Å². The standard InChI is InChI=1S/C21H16BrCl2NO2/c22-12-4-1-5-13(10-12)25-17-8-3-9-18(26)20(17)15(11-19(25)27)14-6-2-7-16(23)21(14)24/h1-2,4-7,10,15H,3,8-9,11H2. The number of carbonyl (C=O) groups is 2. The summed E-state index contributed by atoms with van der Waals surface area (Å²) in [4.78, 5) is 27.7. The van der Waals surface area contributed by atoms with Crippen LogP contribution in [0.1, 0.15) is 37.2 Å². The topological polar surface area (TPSA) is 37.4 Å². The van der Waals surface area contributed by atoms with Crippen molar-refractivity contribution in [2.24, 2.45) is 0 Å². The van der Waals surface area contributed by atoms with Gasteiger partial charge in [-0.3, -0.25) is 14.5 Å². The van der Waals surface area contributed by atoms with Gasteiger partial charge in [0.05, 0.1) is 10.0 Å². The minimum atomic E-state index is -0.352. The van der Waals surface area contributed by atoms with E-state index in [1.54, 1.807) is 11.0 Å². The molecule has 0 saturated carbocycles. The number of halogens is 3. The number of hydrogen-bond donors (Lipinski definition) is 0. The number of amides is 1. The van der Waals surface area contributed by atoms with Gasteiger partial charge in [-0.25, -0.2) is 0 Å². The summed E-state index contributed by atoms with van der Waals surface area (Å²) >= 11 is 16.1. The predicted molar refractivity (Wildman–Crippen MR) is 111 cm³/mol. The number of rotatable bonds is 2. The van der Waals surface area contributed by atoms with Gasteiger partial charge >= 0.3 is 0 Å². The monoisotopic (exact) mass is 463 g/mol. The number of hydrogen-bond acceptors (Lipinski definition) is 2. The molecule has 3 nitrogen and oxygen atoms in total. The molecule has 1 atom stereocenters. The number of benzene rings is 2. The van der Waals surface area contributed by atoms with Crippen molar-refractivity contribution in [3.8, 4) is 0 Å². The van der Waals surface area contributed by atoms with E-state index in [2.05, 4.69) is 15.9 Å². The number of anilines is 1. The van der Waals surface area contributed by atoms with Crippen LogP contribution in [-0.2, 0) is 9.59 Å². The van der Waals surface area contributed by atoms with Crippen molar-refractivity contribution in [1.82, 2.24) is 0 Å². The highest BCUT2D eigenvalue weighted by Crippen LogP contribution is 2.46. The number of nitrogens with zero attached hydrogens (tertiary/aromatic N) is 1. The van der Waals surface area contributed by atoms with Crippen molar-refractivity contribution in [2.75, 3.05) is 4.90 Å². The Morgan fingerprint density at radius 3 is 2.59 bits per heavy atom. The van der Waals surface area contributed by atoms with Gasteiger partial charge < -0.3 is 0 Å². The van der Waals surface area contributed by atoms with Gasteiger partial charge in [-0.15, -0.1) is 0 Å². The molecule has 1 aliphatic carbocycles. The average molecular weight is 465 g/mol. The van der Waals surface area contributed by atoms with Gasteiger partial charge in [-0.2, -0.15) is 0 Å². The Hall–Kier alpha value is -1.62. The first-order valence-electron chi connectivity index (χ1n) is 8.76. The first-order chi connectivity index (χ1) is 13.0. The molecule has 0 N–H and O–H groups in total. The van der Waals surface area contributed by atoms with Gasteiger partial charge in [-0.05, 0) is 42.7 Å². The first-order valence-corrected chi connectivity index (χ1v) is 10.3. The van der Waals surface area contributed by atoms with E-state index in [0.29, 0.717) is 28.5 Å². The molecule has 0 spiro atoms. The van der Waals surface area contributed by atoms with Crippen LogP contribution in [-0.4, -0.2) is 11.7 Å². The zero-order valence-corrected chi connectivity index (χ0v) is 17.4. The maximum absolute atomic E-state index is 13.1. The second-order valence-corrected chi connectivity index (χ2v) is 8.45. The Balaban J connectivity index is 1.90. The van der Waals surface area contributed by atoms with Gasteiger partial charge in [-0.1, -0.05) is 57.3 Å². The number of Topliss-reactive ketones (excluding diaryl/α,β-unsaturated/α-hetero) is 1. The lowest BCUT2D eigenvalue weighted by Crippen LogP contribution is -2.40. The van der Waals surface area contributed by atoms with E-state index in [1.165, 1.54) is 0 Å². The number of ketones is 1. The van der Waals surface area contributed by atoms with E-state index >= 15 is 0 Å². The highest BCUT2D eigenvalue weighted by molar-refractivity contribution is 9.10. The van der Waals surface area contributed by atoms with E-state index in [-0.39, 0.29) is 24.0 Å². The summed E-state index contributed by atoms with van der Waals surface area (Å²) in [6, 6.07) is 13.0. The van der Waals surface area contributed by atoms with Crippen LogP contribution in [0.15, 0.2) is 58.2 Å². The molecule has 0 saturated heterocycles. The summed E-state index contributed by atoms with van der Waals surface area (Å²) in [7, 11) is 0. The summed E-state index contributed by atoms with van der Waals surface area (Å²) in [5.74, 6) is -0.303. The van der Waals surface area contributed by atoms with Crippen molar-refractivity contribution < 1.29 is 9.59 Å². The zero-order chi connectivity index (χ0) is 19.1. The molecule has 2 aromatic carbocycles. The number of carbonyl (C=O) groups excluding carboxylic acids is 2. The van der Waals surface area contributed by atoms with Gasteiger partial charge in [0.1, 0.15) is 0 Å². The van der Waals surface area contributed by atoms with E-state index in [1.807, 2.05) is 36.4 Å². The fraction of sp³-hybridized carbons (Fsp3) is 0.238. The lowest BCUT2D eigenvalue weighted by molar-refractivity contribution is -0.119. The smallest absolute Gasteiger partial charge is 0.232 e. The average Bonchev–Trinajstić information content (AvgIpc) is 2.63. The predicted octanol–water partition coefficient (Wildman–Crippen LogP) is 6.28. The third kappa shape index (κ3) is 3.35. The number of allylic oxidation sites excluding steroid dienone is 2. The quantitative estimate of drug-likeness (QED) is 0.524. The Morgan fingerprint density at radius 1 is 1.04 bits per heavy atom. The van der Waals surface area contributed by atoms with Gasteiger partial charge in [0, 0.05) is 40.2 Å². The summed E-state index contributed by atoms with van der Waals surface area (Å²) in [5, 5.41) is 0.847. The van der Waals surface area contributed by atoms with Gasteiger partial charge in [0.25, 0.3) is 0 Å². The molecule has 27 heavy (non-hydrogen) atoms. The van der Waals surface area contributed by atoms with Crippen molar-refractivity contribution in [1.29, 1.82) is 0 Å². The third-order valence-corrected chi connectivity index (χ3v) is 6.43. The van der Waals surface area contributed by atoms with Crippen LogP contribution < -0.4 is 4.90 Å². The van der Waals surface area contributed by atoms with Crippen molar-refractivity contribution in [3.05, 3.63) is 73.8 Å². The van der Waals surface area contributed by atoms with Crippen LogP contribution in [0.3, 0.4) is 0 Å². The highest BCUT2D eigenvalue weighted by Gasteiger charge is 2.40. The van der Waals surface area contributed by atoms with E-state index < -0.39 is 0 Å². The van der Waals surface area contributed by atoms with Crippen LogP contribution in [0.25, 0.3) is 0 Å². The Bertz CT molecular complexity index is 986. The maximum atomic E-state index is 13.1. The molecule has 1 amide bonds. The largest absolute Gasteiger partial charge is 0.294 e. The first kappa shape index (κ1) is 18.7. The second kappa shape index (κ2) is 7.42. The van der Waals surface area contributed by atoms with Gasteiger partial charge in [0.15, 0.2) is 5.78 Å². The van der Waals surface area contributed by atoms with Crippen LogP contribution in [0.4, 0.5) is 5.69 Å². The van der Waals surface area contributed by atoms with Crippen molar-refractivity contribution >= 4 is 56.5 Å². The highest BCUT2D eigenvalue weighted by atomic mass is 79.9. The Kier molecular flexibility index (Phi) is 5.15. The SMILES string of the molecule is O=C1CCCC2=C1C(c1cccc(Cl)c1Cl)CC(=O)N2c1cccc(Br)c1. The molecule has 4 rings (SSSR count). The molecule has 0 radical (unpaired) electrons. The Morgan fingerprint density at radius 2 is 1.81 bits per heavy atom. The molecule has 6 heteroatoms. The molecular formula is C21H16BrCl2NO2. The summed E-state index contributed by atoms with van der Waals surface area (Å²) in [6.07, 6.45) is 2.12. The Labute approximate surface area is 176 Å². The molecule has 2 aliphatic rings. The minimum Gasteiger partial charge on any atom is -0.294 e. The third-order valence-electron chi connectivity index (χ3n) is 5.10. The normalized spacial score (nSPS) is 20.1. The minimum absolute atomic E-state index is 0.0393. The van der Waals surface area contributed by atoms with Crippen molar-refractivity contribution in [2.45, 2.75) is 31.6 Å². The van der Waals surface area contributed by atoms with E-state index in [4.69, 9.17) is 23.2 Å².